The summed E-state index contributed by atoms with van der Waals surface area (Å²) in [6.07, 6.45) is 0. The van der Waals surface area contributed by atoms with E-state index in [1.54, 1.807) is 0 Å². The van der Waals surface area contributed by atoms with Crippen molar-refractivity contribution in [1.82, 2.24) is 0 Å². The first kappa shape index (κ1) is 9.31. The van der Waals surface area contributed by atoms with Crippen LogP contribution in [0.2, 0.25) is 0 Å². The second-order valence-electron chi connectivity index (χ2n) is 2.12. The second-order valence-corrected chi connectivity index (χ2v) is 3.80. The highest BCUT2D eigenvalue weighted by molar-refractivity contribution is 7.99. The molecule has 56 valence electrons. The molecule has 0 aliphatic rings. The minimum Gasteiger partial charge on any atom is -0.381 e. The number of rotatable bonds is 5. The van der Waals surface area contributed by atoms with E-state index in [0.29, 0.717) is 0 Å². The molecule has 0 fully saturated rings. The number of hydrogen-bond acceptors (Lipinski definition) is 2. The fourth-order valence-corrected chi connectivity index (χ4v) is 1.17. The largest absolute Gasteiger partial charge is 0.381 e. The van der Waals surface area contributed by atoms with Crippen molar-refractivity contribution in [2.45, 2.75) is 26.0 Å². The van der Waals surface area contributed by atoms with E-state index >= 15 is 0 Å². The van der Waals surface area contributed by atoms with Gasteiger partial charge in [0.15, 0.2) is 0 Å². The van der Waals surface area contributed by atoms with Gasteiger partial charge in [0, 0.05) is 12.4 Å². The van der Waals surface area contributed by atoms with Crippen molar-refractivity contribution in [2.24, 2.45) is 0 Å². The first-order valence-electron chi connectivity index (χ1n) is 3.46. The van der Waals surface area contributed by atoms with Crippen LogP contribution in [0.5, 0.6) is 0 Å². The fraction of sp³-hybridized carbons (Fsp3) is 1.00. The molecule has 0 aromatic rings. The lowest BCUT2D eigenvalue weighted by Gasteiger charge is -2.03. The van der Waals surface area contributed by atoms with Crippen molar-refractivity contribution in [2.75, 3.05) is 19.0 Å². The van der Waals surface area contributed by atoms with E-state index in [2.05, 4.69) is 13.8 Å². The molecule has 0 saturated heterocycles. The Morgan fingerprint density at radius 2 is 2.11 bits per heavy atom. The van der Waals surface area contributed by atoms with Crippen molar-refractivity contribution in [3.63, 3.8) is 0 Å². The molecule has 0 aromatic heterocycles. The molecule has 0 atom stereocenters. The van der Waals surface area contributed by atoms with E-state index < -0.39 is 0 Å². The maximum absolute atomic E-state index is 5.16. The monoisotopic (exact) mass is 148 g/mol. The van der Waals surface area contributed by atoms with Crippen molar-refractivity contribution >= 4 is 11.8 Å². The lowest BCUT2D eigenvalue weighted by molar-refractivity contribution is 0.164. The highest BCUT2D eigenvalue weighted by Gasteiger charge is 1.91. The maximum atomic E-state index is 5.16. The number of hydrogen-bond donors (Lipinski definition) is 0. The molecule has 0 unspecified atom stereocenters. The molecule has 0 heterocycles. The van der Waals surface area contributed by atoms with E-state index in [1.165, 1.54) is 0 Å². The van der Waals surface area contributed by atoms with E-state index in [4.69, 9.17) is 4.74 Å². The molecular weight excluding hydrogens is 132 g/mol. The smallest absolute Gasteiger partial charge is 0.0556 e. The third kappa shape index (κ3) is 8.31. The lowest BCUT2D eigenvalue weighted by atomic mass is 10.6. The Labute approximate surface area is 62.2 Å². The van der Waals surface area contributed by atoms with Gasteiger partial charge in [-0.2, -0.15) is 11.8 Å². The lowest BCUT2D eigenvalue weighted by Crippen LogP contribution is -1.98. The van der Waals surface area contributed by atoms with Crippen LogP contribution in [0, 0.1) is 0 Å². The highest BCUT2D eigenvalue weighted by atomic mass is 32.2. The molecule has 0 aliphatic carbocycles. The van der Waals surface area contributed by atoms with Crippen LogP contribution < -0.4 is 0 Å². The van der Waals surface area contributed by atoms with Gasteiger partial charge in [0.2, 0.25) is 0 Å². The van der Waals surface area contributed by atoms with Gasteiger partial charge in [-0.25, -0.2) is 0 Å². The van der Waals surface area contributed by atoms with Crippen LogP contribution >= 0.6 is 11.8 Å². The zero-order valence-corrected chi connectivity index (χ0v) is 7.33. The SMILES string of the molecule is CCOCCSC(C)C. The van der Waals surface area contributed by atoms with Crippen molar-refractivity contribution < 1.29 is 4.74 Å². The van der Waals surface area contributed by atoms with E-state index in [1.807, 2.05) is 18.7 Å². The molecule has 0 spiro atoms. The molecule has 1 nitrogen and oxygen atoms in total. The Kier molecular flexibility index (Phi) is 6.65. The summed E-state index contributed by atoms with van der Waals surface area (Å²) in [6, 6.07) is 0. The van der Waals surface area contributed by atoms with Crippen LogP contribution in [-0.2, 0) is 4.74 Å². The number of thioether (sulfide) groups is 1. The summed E-state index contributed by atoms with van der Waals surface area (Å²) in [5, 5.41) is 0.741. The highest BCUT2D eigenvalue weighted by Crippen LogP contribution is 2.07. The molecule has 0 amide bonds. The van der Waals surface area contributed by atoms with Crippen LogP contribution in [0.15, 0.2) is 0 Å². The minimum absolute atomic E-state index is 0.741. The van der Waals surface area contributed by atoms with Gasteiger partial charge in [-0.3, -0.25) is 0 Å². The topological polar surface area (TPSA) is 9.23 Å². The third-order valence-corrected chi connectivity index (χ3v) is 1.95. The summed E-state index contributed by atoms with van der Waals surface area (Å²) in [5.41, 5.74) is 0. The van der Waals surface area contributed by atoms with Gasteiger partial charge in [0.05, 0.1) is 6.61 Å². The predicted molar refractivity (Wildman–Crippen MR) is 44.1 cm³/mol. The third-order valence-electron chi connectivity index (χ3n) is 0.883. The quantitative estimate of drug-likeness (QED) is 0.553. The maximum Gasteiger partial charge on any atom is 0.0556 e. The molecule has 0 aromatic carbocycles. The molecule has 0 bridgehead atoms. The summed E-state index contributed by atoms with van der Waals surface area (Å²) in [7, 11) is 0. The first-order valence-corrected chi connectivity index (χ1v) is 4.51. The van der Waals surface area contributed by atoms with Gasteiger partial charge in [0.1, 0.15) is 0 Å². The summed E-state index contributed by atoms with van der Waals surface area (Å²) in [5.74, 6) is 1.13. The molecule has 2 heteroatoms. The summed E-state index contributed by atoms with van der Waals surface area (Å²) in [4.78, 5) is 0. The van der Waals surface area contributed by atoms with Crippen LogP contribution in [0.1, 0.15) is 20.8 Å². The Bertz CT molecular complexity index is 54.9. The molecule has 0 N–H and O–H groups in total. The predicted octanol–water partition coefficient (Wildman–Crippen LogP) is 2.16. The van der Waals surface area contributed by atoms with Crippen LogP contribution in [0.3, 0.4) is 0 Å². The summed E-state index contributed by atoms with van der Waals surface area (Å²) in [6.45, 7) is 8.19. The van der Waals surface area contributed by atoms with Crippen LogP contribution in [-0.4, -0.2) is 24.2 Å². The second kappa shape index (κ2) is 6.43. The Hall–Kier alpha value is 0.310. The average Bonchev–Trinajstić information content (AvgIpc) is 1.80. The fourth-order valence-electron chi connectivity index (χ4n) is 0.487. The molecular formula is C7H16OS. The van der Waals surface area contributed by atoms with Gasteiger partial charge < -0.3 is 4.74 Å². The van der Waals surface area contributed by atoms with Gasteiger partial charge >= 0.3 is 0 Å². The van der Waals surface area contributed by atoms with E-state index in [-0.39, 0.29) is 0 Å². The molecule has 0 rings (SSSR count). The normalized spacial score (nSPS) is 10.7. The van der Waals surface area contributed by atoms with Crippen molar-refractivity contribution in [3.05, 3.63) is 0 Å². The first-order chi connectivity index (χ1) is 4.27. The number of ether oxygens (including phenoxy) is 1. The van der Waals surface area contributed by atoms with E-state index in [9.17, 15) is 0 Å². The van der Waals surface area contributed by atoms with Crippen molar-refractivity contribution in [1.29, 1.82) is 0 Å². The zero-order chi connectivity index (χ0) is 7.11. The van der Waals surface area contributed by atoms with Crippen LogP contribution in [0.4, 0.5) is 0 Å². The Morgan fingerprint density at radius 1 is 1.44 bits per heavy atom. The van der Waals surface area contributed by atoms with Crippen LogP contribution in [0.25, 0.3) is 0 Å². The zero-order valence-electron chi connectivity index (χ0n) is 6.52. The van der Waals surface area contributed by atoms with Crippen molar-refractivity contribution in [3.8, 4) is 0 Å². The minimum atomic E-state index is 0.741. The van der Waals surface area contributed by atoms with Gasteiger partial charge in [-0.1, -0.05) is 13.8 Å². The molecule has 0 aliphatic heterocycles. The summed E-state index contributed by atoms with van der Waals surface area (Å²) < 4.78 is 5.16. The Morgan fingerprint density at radius 3 is 2.56 bits per heavy atom. The standard InChI is InChI=1S/C7H16OS/c1-4-8-5-6-9-7(2)3/h7H,4-6H2,1-3H3. The molecule has 9 heavy (non-hydrogen) atoms. The molecule has 0 saturated carbocycles. The van der Waals surface area contributed by atoms with Gasteiger partial charge in [-0.05, 0) is 12.2 Å². The van der Waals surface area contributed by atoms with Gasteiger partial charge in [-0.15, -0.1) is 0 Å². The summed E-state index contributed by atoms with van der Waals surface area (Å²) >= 11 is 1.95. The Balaban J connectivity index is 2.75. The molecule has 0 radical (unpaired) electrons. The average molecular weight is 148 g/mol. The van der Waals surface area contributed by atoms with E-state index in [0.717, 1.165) is 24.2 Å². The van der Waals surface area contributed by atoms with Gasteiger partial charge in [0.25, 0.3) is 0 Å².